The molecule has 124 valence electrons. The van der Waals surface area contributed by atoms with E-state index in [1.54, 1.807) is 0 Å². The fourth-order valence-corrected chi connectivity index (χ4v) is 4.24. The van der Waals surface area contributed by atoms with E-state index in [2.05, 4.69) is 10.3 Å². The number of hydrogen-bond donors (Lipinski definition) is 8. The molecule has 3 saturated heterocycles. The van der Waals surface area contributed by atoms with E-state index in [4.69, 9.17) is 15.2 Å². The Balaban J connectivity index is 1.95. The molecule has 11 nitrogen and oxygen atoms in total. The van der Waals surface area contributed by atoms with Crippen molar-refractivity contribution in [1.82, 2.24) is 5.32 Å². The Hall–Kier alpha value is -1.05. The van der Waals surface area contributed by atoms with Gasteiger partial charge in [0.1, 0.15) is 29.5 Å². The van der Waals surface area contributed by atoms with E-state index in [1.807, 2.05) is 0 Å². The summed E-state index contributed by atoms with van der Waals surface area (Å²) in [6.07, 6.45) is -7.77. The number of rotatable bonds is 1. The molecule has 0 radical (unpaired) electrons. The van der Waals surface area contributed by atoms with Gasteiger partial charge >= 0.3 is 5.97 Å². The Morgan fingerprint density at radius 2 is 1.82 bits per heavy atom. The van der Waals surface area contributed by atoms with E-state index in [9.17, 15) is 30.6 Å². The molecule has 4 fully saturated rings. The Bertz CT molecular complexity index is 561. The van der Waals surface area contributed by atoms with Gasteiger partial charge in [-0.15, -0.1) is 0 Å². The van der Waals surface area contributed by atoms with E-state index < -0.39 is 60.3 Å². The predicted molar refractivity (Wildman–Crippen MR) is 65.7 cm³/mol. The van der Waals surface area contributed by atoms with Crippen LogP contribution in [0.3, 0.4) is 0 Å². The molecule has 11 heteroatoms. The van der Waals surface area contributed by atoms with Gasteiger partial charge in [-0.1, -0.05) is 0 Å². The molecule has 4 bridgehead atoms. The summed E-state index contributed by atoms with van der Waals surface area (Å²) in [7, 11) is 0. The first-order valence-electron chi connectivity index (χ1n) is 6.77. The van der Waals surface area contributed by atoms with Crippen LogP contribution in [0.25, 0.3) is 0 Å². The van der Waals surface area contributed by atoms with E-state index in [-0.39, 0.29) is 5.96 Å². The second-order valence-electron chi connectivity index (χ2n) is 6.22. The zero-order valence-corrected chi connectivity index (χ0v) is 11.2. The van der Waals surface area contributed by atoms with Gasteiger partial charge in [0.2, 0.25) is 0 Å². The maximum atomic E-state index is 10.6. The quantitative estimate of drug-likeness (QED) is 0.231. The fourth-order valence-electron chi connectivity index (χ4n) is 4.24. The highest BCUT2D eigenvalue weighted by Crippen LogP contribution is 2.58. The number of aliphatic imine (C=N–C) groups is 1. The summed E-state index contributed by atoms with van der Waals surface area (Å²) >= 11 is 0. The van der Waals surface area contributed by atoms with Crippen molar-refractivity contribution in [2.75, 3.05) is 6.61 Å². The number of nitrogens with one attached hydrogen (secondary N) is 1. The molecule has 9 N–H and O–H groups in total. The first kappa shape index (κ1) is 14.5. The van der Waals surface area contributed by atoms with Crippen molar-refractivity contribution in [1.29, 1.82) is 0 Å². The van der Waals surface area contributed by atoms with Crippen LogP contribution in [0.1, 0.15) is 0 Å². The summed E-state index contributed by atoms with van der Waals surface area (Å²) in [4.78, 5) is 3.70. The largest absolute Gasteiger partial charge is 0.393 e. The number of nitrogens with two attached hydrogens (primary N) is 1. The number of hydrogen-bond acceptors (Lipinski definition) is 11. The minimum Gasteiger partial charge on any atom is -0.393 e. The van der Waals surface area contributed by atoms with Gasteiger partial charge in [-0.05, 0) is 0 Å². The maximum Gasteiger partial charge on any atom is 0.311 e. The number of aliphatic hydroxyl groups excluding tert-OH is 4. The van der Waals surface area contributed by atoms with Crippen molar-refractivity contribution in [3.63, 3.8) is 0 Å². The highest BCUT2D eigenvalue weighted by molar-refractivity contribution is 5.80. The second kappa shape index (κ2) is 3.88. The molecule has 1 saturated carbocycles. The second-order valence-corrected chi connectivity index (χ2v) is 6.22. The summed E-state index contributed by atoms with van der Waals surface area (Å²) in [5.74, 6) is -3.95. The Morgan fingerprint density at radius 3 is 2.45 bits per heavy atom. The summed E-state index contributed by atoms with van der Waals surface area (Å²) in [6.45, 7) is -0.857. The van der Waals surface area contributed by atoms with Gasteiger partial charge in [-0.25, -0.2) is 4.99 Å². The lowest BCUT2D eigenvalue weighted by atomic mass is 9.55. The van der Waals surface area contributed by atoms with Crippen LogP contribution in [0.4, 0.5) is 0 Å². The van der Waals surface area contributed by atoms with Crippen LogP contribution in [0, 0.1) is 5.92 Å². The summed E-state index contributed by atoms with van der Waals surface area (Å²) in [6, 6.07) is 0. The smallest absolute Gasteiger partial charge is 0.311 e. The lowest BCUT2D eigenvalue weighted by Crippen LogP contribution is -2.95. The molecular weight excluding hydrogens is 302 g/mol. The molecule has 4 heterocycles. The van der Waals surface area contributed by atoms with Gasteiger partial charge in [0, 0.05) is 0 Å². The van der Waals surface area contributed by atoms with Crippen LogP contribution in [0.15, 0.2) is 4.99 Å². The molecule has 0 aromatic rings. The topological polar surface area (TPSA) is 190 Å². The third-order valence-corrected chi connectivity index (χ3v) is 5.22. The fraction of sp³-hybridized carbons (Fsp3) is 0.909. The zero-order chi connectivity index (χ0) is 16.1. The third-order valence-electron chi connectivity index (χ3n) is 5.22. The van der Waals surface area contributed by atoms with Crippen molar-refractivity contribution < 1.29 is 40.1 Å². The van der Waals surface area contributed by atoms with Crippen molar-refractivity contribution >= 4 is 5.96 Å². The van der Waals surface area contributed by atoms with E-state index in [0.717, 1.165) is 0 Å². The summed E-state index contributed by atoms with van der Waals surface area (Å²) in [5.41, 5.74) is 1.74. The molecular formula is C11H17N3O8. The van der Waals surface area contributed by atoms with Crippen LogP contribution in [0.2, 0.25) is 0 Å². The first-order chi connectivity index (χ1) is 10.2. The molecule has 9 atom stereocenters. The zero-order valence-electron chi connectivity index (χ0n) is 11.2. The van der Waals surface area contributed by atoms with Crippen LogP contribution in [-0.2, 0) is 9.47 Å². The Labute approximate surface area is 123 Å². The number of nitrogens with zero attached hydrogens (tertiary/aromatic N) is 1. The molecule has 1 aliphatic carbocycles. The lowest BCUT2D eigenvalue weighted by molar-refractivity contribution is -0.548. The van der Waals surface area contributed by atoms with Gasteiger partial charge in [-0.3, -0.25) is 0 Å². The van der Waals surface area contributed by atoms with Gasteiger partial charge in [0.15, 0.2) is 18.3 Å². The molecule has 2 unspecified atom stereocenters. The van der Waals surface area contributed by atoms with Crippen molar-refractivity contribution in [2.45, 2.75) is 47.8 Å². The standard InChI is InChI=1S/C11H17N3O8/c12-8-13-6(17)2-4-9(19,1-15)5-3(16)10(2,14-8)7(18)11(20,21-4)22-5/h2-7,15-20H,1H2,(H3,12,13,14)/t2-,3?,4-,5+,6-,7+,9+,10-,11?/m1/s1. The highest BCUT2D eigenvalue weighted by Gasteiger charge is 2.82. The van der Waals surface area contributed by atoms with Gasteiger partial charge in [0.25, 0.3) is 0 Å². The van der Waals surface area contributed by atoms with E-state index in [1.165, 1.54) is 0 Å². The molecule has 0 aromatic carbocycles. The van der Waals surface area contributed by atoms with E-state index >= 15 is 0 Å². The van der Waals surface area contributed by atoms with Gasteiger partial charge in [-0.2, -0.15) is 0 Å². The molecule has 5 rings (SSSR count). The molecule has 0 aromatic heterocycles. The Morgan fingerprint density at radius 1 is 1.18 bits per heavy atom. The minimum atomic E-state index is -2.52. The van der Waals surface area contributed by atoms with E-state index in [0.29, 0.717) is 0 Å². The first-order valence-corrected chi connectivity index (χ1v) is 6.77. The van der Waals surface area contributed by atoms with Crippen molar-refractivity contribution in [3.8, 4) is 0 Å². The normalized spacial score (nSPS) is 62.4. The SMILES string of the molecule is NC1=N[C@H](O)[C@H]2[C@H]3OC4(O)O[C@@H](C(O)[C@@]2(N1)[C@@H]4O)[C@]3(O)CO. The molecule has 5 aliphatic rings. The molecule has 0 amide bonds. The molecule has 1 spiro atoms. The van der Waals surface area contributed by atoms with Crippen LogP contribution in [-0.4, -0.2) is 91.0 Å². The summed E-state index contributed by atoms with van der Waals surface area (Å²) < 4.78 is 10.3. The van der Waals surface area contributed by atoms with Gasteiger partial charge < -0.3 is 51.2 Å². The maximum absolute atomic E-state index is 10.6. The van der Waals surface area contributed by atoms with Crippen molar-refractivity contribution in [2.24, 2.45) is 16.6 Å². The van der Waals surface area contributed by atoms with Crippen molar-refractivity contribution in [3.05, 3.63) is 0 Å². The number of aliphatic hydroxyl groups is 6. The monoisotopic (exact) mass is 319 g/mol. The molecule has 4 aliphatic heterocycles. The highest BCUT2D eigenvalue weighted by atomic mass is 16.9. The minimum absolute atomic E-state index is 0.250. The third kappa shape index (κ3) is 1.28. The van der Waals surface area contributed by atoms with Gasteiger partial charge in [0.05, 0.1) is 12.5 Å². The number of ether oxygens (including phenoxy) is 2. The molecule has 22 heavy (non-hydrogen) atoms. The summed E-state index contributed by atoms with van der Waals surface area (Å²) in [5, 5.41) is 64.3. The van der Waals surface area contributed by atoms with Crippen LogP contribution in [0.5, 0.6) is 0 Å². The average Bonchev–Trinajstić information content (AvgIpc) is 2.45. The number of guanidine groups is 1. The van der Waals surface area contributed by atoms with Crippen LogP contribution >= 0.6 is 0 Å². The lowest BCUT2D eigenvalue weighted by Gasteiger charge is -2.71. The Kier molecular flexibility index (Phi) is 2.57. The average molecular weight is 319 g/mol. The van der Waals surface area contributed by atoms with Crippen LogP contribution < -0.4 is 11.1 Å². The predicted octanol–water partition coefficient (Wildman–Crippen LogP) is -5.52.